The second-order valence-corrected chi connectivity index (χ2v) is 8.28. The van der Waals surface area contributed by atoms with Crippen molar-refractivity contribution in [2.75, 3.05) is 24.3 Å². The molecule has 0 saturated carbocycles. The largest absolute Gasteiger partial charge is 0.378 e. The van der Waals surface area contributed by atoms with E-state index in [1.54, 1.807) is 19.1 Å². The van der Waals surface area contributed by atoms with Crippen molar-refractivity contribution in [1.82, 2.24) is 5.43 Å². The van der Waals surface area contributed by atoms with E-state index in [1.165, 1.54) is 0 Å². The summed E-state index contributed by atoms with van der Waals surface area (Å²) in [5.74, 6) is -0.489. The van der Waals surface area contributed by atoms with E-state index in [1.807, 2.05) is 55.4 Å². The molecular formula is C23H30N4O2. The summed E-state index contributed by atoms with van der Waals surface area (Å²) in [5, 5.41) is 6.87. The topological polar surface area (TPSA) is 73.8 Å². The van der Waals surface area contributed by atoms with Crippen molar-refractivity contribution >= 4 is 28.9 Å². The van der Waals surface area contributed by atoms with E-state index in [9.17, 15) is 9.59 Å². The van der Waals surface area contributed by atoms with Crippen LogP contribution >= 0.6 is 0 Å². The Kier molecular flexibility index (Phi) is 7.15. The van der Waals surface area contributed by atoms with Crippen LogP contribution in [0, 0.1) is 0 Å². The van der Waals surface area contributed by atoms with Crippen LogP contribution in [-0.2, 0) is 10.2 Å². The van der Waals surface area contributed by atoms with Gasteiger partial charge in [-0.3, -0.25) is 9.59 Å². The second kappa shape index (κ2) is 9.37. The van der Waals surface area contributed by atoms with E-state index in [-0.39, 0.29) is 23.7 Å². The third-order valence-electron chi connectivity index (χ3n) is 4.45. The number of anilines is 2. The quantitative estimate of drug-likeness (QED) is 0.570. The zero-order valence-electron chi connectivity index (χ0n) is 18.0. The molecule has 154 valence electrons. The first-order valence-electron chi connectivity index (χ1n) is 9.57. The standard InChI is InChI=1S/C23H30N4O2/c1-16(15-21(28)24-19-11-13-20(14-12-19)27(5)6)25-26-22(29)17-7-9-18(10-8-17)23(2,3)4/h7-14H,15H2,1-6H3,(H,24,28)(H,26,29)/b25-16-. The minimum atomic E-state index is -0.301. The first-order valence-corrected chi connectivity index (χ1v) is 9.57. The maximum absolute atomic E-state index is 12.3. The number of amides is 2. The van der Waals surface area contributed by atoms with Crippen molar-refractivity contribution in [1.29, 1.82) is 0 Å². The van der Waals surface area contributed by atoms with Gasteiger partial charge >= 0.3 is 0 Å². The summed E-state index contributed by atoms with van der Waals surface area (Å²) >= 11 is 0. The molecule has 0 fully saturated rings. The highest BCUT2D eigenvalue weighted by Gasteiger charge is 2.14. The molecule has 2 aromatic carbocycles. The van der Waals surface area contributed by atoms with Gasteiger partial charge in [-0.25, -0.2) is 5.43 Å². The van der Waals surface area contributed by atoms with E-state index in [2.05, 4.69) is 36.6 Å². The first kappa shape index (κ1) is 22.1. The maximum Gasteiger partial charge on any atom is 0.271 e. The van der Waals surface area contributed by atoms with Gasteiger partial charge in [0, 0.05) is 36.7 Å². The molecule has 0 saturated heterocycles. The van der Waals surface area contributed by atoms with Crippen LogP contribution in [-0.4, -0.2) is 31.6 Å². The lowest BCUT2D eigenvalue weighted by atomic mass is 9.87. The molecule has 6 heteroatoms. The summed E-state index contributed by atoms with van der Waals surface area (Å²) < 4.78 is 0. The SMILES string of the molecule is C/C(CC(=O)Nc1ccc(N(C)C)cc1)=N/NC(=O)c1ccc(C(C)(C)C)cc1. The summed E-state index contributed by atoms with van der Waals surface area (Å²) in [5.41, 5.74) is 6.52. The molecule has 0 spiro atoms. The molecule has 0 radical (unpaired) electrons. The molecule has 0 aromatic heterocycles. The Balaban J connectivity index is 1.88. The summed E-state index contributed by atoms with van der Waals surface area (Å²) in [6, 6.07) is 15.0. The van der Waals surface area contributed by atoms with Gasteiger partial charge in [0.1, 0.15) is 0 Å². The maximum atomic E-state index is 12.3. The Bertz CT molecular complexity index is 877. The first-order chi connectivity index (χ1) is 13.6. The molecule has 0 aliphatic heterocycles. The molecule has 0 heterocycles. The molecule has 2 amide bonds. The van der Waals surface area contributed by atoms with E-state index < -0.39 is 0 Å². The number of hydrazone groups is 1. The van der Waals surface area contributed by atoms with Gasteiger partial charge in [0.05, 0.1) is 6.42 Å². The van der Waals surface area contributed by atoms with Crippen LogP contribution in [0.2, 0.25) is 0 Å². The predicted molar refractivity (Wildman–Crippen MR) is 120 cm³/mol. The highest BCUT2D eigenvalue weighted by atomic mass is 16.2. The highest BCUT2D eigenvalue weighted by Crippen LogP contribution is 2.22. The minimum absolute atomic E-state index is 0.0316. The molecule has 2 N–H and O–H groups in total. The average molecular weight is 395 g/mol. The van der Waals surface area contributed by atoms with Gasteiger partial charge in [-0.15, -0.1) is 0 Å². The summed E-state index contributed by atoms with van der Waals surface area (Å²) in [6.45, 7) is 8.07. The van der Waals surface area contributed by atoms with Crippen LogP contribution in [0.3, 0.4) is 0 Å². The van der Waals surface area contributed by atoms with Crippen molar-refractivity contribution in [2.45, 2.75) is 39.5 Å². The van der Waals surface area contributed by atoms with Crippen molar-refractivity contribution < 1.29 is 9.59 Å². The van der Waals surface area contributed by atoms with Gasteiger partial charge in [0.25, 0.3) is 5.91 Å². The number of nitrogens with zero attached hydrogens (tertiary/aromatic N) is 2. The zero-order chi connectivity index (χ0) is 21.6. The number of hydrogen-bond acceptors (Lipinski definition) is 4. The molecule has 6 nitrogen and oxygen atoms in total. The Hall–Kier alpha value is -3.15. The van der Waals surface area contributed by atoms with Crippen LogP contribution in [0.5, 0.6) is 0 Å². The molecule has 2 rings (SSSR count). The normalized spacial score (nSPS) is 11.7. The third-order valence-corrected chi connectivity index (χ3v) is 4.45. The Morgan fingerprint density at radius 2 is 1.55 bits per heavy atom. The van der Waals surface area contributed by atoms with Crippen LogP contribution in [0.1, 0.15) is 50.0 Å². The number of nitrogens with one attached hydrogen (secondary N) is 2. The van der Waals surface area contributed by atoms with Crippen LogP contribution in [0.4, 0.5) is 11.4 Å². The number of carbonyl (C=O) groups is 2. The van der Waals surface area contributed by atoms with E-state index in [0.29, 0.717) is 11.3 Å². The van der Waals surface area contributed by atoms with E-state index in [4.69, 9.17) is 0 Å². The lowest BCUT2D eigenvalue weighted by Crippen LogP contribution is -2.21. The molecule has 0 aliphatic carbocycles. The lowest BCUT2D eigenvalue weighted by molar-refractivity contribution is -0.115. The van der Waals surface area contributed by atoms with Gasteiger partial charge in [-0.1, -0.05) is 32.9 Å². The van der Waals surface area contributed by atoms with Gasteiger partial charge in [-0.05, 0) is 54.3 Å². The Morgan fingerprint density at radius 1 is 0.966 bits per heavy atom. The summed E-state index contributed by atoms with van der Waals surface area (Å²) in [6.07, 6.45) is 0.0959. The Morgan fingerprint density at radius 3 is 2.07 bits per heavy atom. The fourth-order valence-electron chi connectivity index (χ4n) is 2.65. The molecule has 2 aromatic rings. The van der Waals surface area contributed by atoms with Crippen molar-refractivity contribution in [3.63, 3.8) is 0 Å². The monoisotopic (exact) mass is 394 g/mol. The third kappa shape index (κ3) is 6.75. The van der Waals surface area contributed by atoms with Gasteiger partial charge < -0.3 is 10.2 Å². The smallest absolute Gasteiger partial charge is 0.271 e. The van der Waals surface area contributed by atoms with Crippen molar-refractivity contribution in [3.05, 3.63) is 59.7 Å². The van der Waals surface area contributed by atoms with Crippen LogP contribution in [0.25, 0.3) is 0 Å². The molecule has 0 bridgehead atoms. The summed E-state index contributed by atoms with van der Waals surface area (Å²) in [7, 11) is 3.92. The average Bonchev–Trinajstić information content (AvgIpc) is 2.65. The van der Waals surface area contributed by atoms with Gasteiger partial charge in [0.15, 0.2) is 0 Å². The van der Waals surface area contributed by atoms with E-state index in [0.717, 1.165) is 16.9 Å². The molecule has 29 heavy (non-hydrogen) atoms. The fraction of sp³-hybridized carbons (Fsp3) is 0.348. The van der Waals surface area contributed by atoms with E-state index >= 15 is 0 Å². The number of benzene rings is 2. The highest BCUT2D eigenvalue weighted by molar-refractivity contribution is 6.06. The molecule has 0 atom stereocenters. The molecular weight excluding hydrogens is 364 g/mol. The second-order valence-electron chi connectivity index (χ2n) is 8.28. The van der Waals surface area contributed by atoms with Crippen LogP contribution < -0.4 is 15.6 Å². The number of rotatable bonds is 6. The van der Waals surface area contributed by atoms with Crippen molar-refractivity contribution in [2.24, 2.45) is 5.10 Å². The zero-order valence-corrected chi connectivity index (χ0v) is 18.0. The molecule has 0 unspecified atom stereocenters. The lowest BCUT2D eigenvalue weighted by Gasteiger charge is -2.18. The van der Waals surface area contributed by atoms with Crippen LogP contribution in [0.15, 0.2) is 53.6 Å². The van der Waals surface area contributed by atoms with Gasteiger partial charge in [0.2, 0.25) is 5.91 Å². The van der Waals surface area contributed by atoms with Gasteiger partial charge in [-0.2, -0.15) is 5.10 Å². The minimum Gasteiger partial charge on any atom is -0.378 e. The number of carbonyl (C=O) groups excluding carboxylic acids is 2. The summed E-state index contributed by atoms with van der Waals surface area (Å²) in [4.78, 5) is 26.4. The fourth-order valence-corrected chi connectivity index (χ4v) is 2.65. The molecule has 0 aliphatic rings. The predicted octanol–water partition coefficient (Wildman–Crippen LogP) is 4.18. The Labute approximate surface area is 173 Å². The van der Waals surface area contributed by atoms with Crippen molar-refractivity contribution in [3.8, 4) is 0 Å². The number of hydrogen-bond donors (Lipinski definition) is 2.